The SMILES string of the molecule is O=C(CSc1ccc(F)c(F)c1)N1CCCC(CN2CCOCC2)C1. The van der Waals surface area contributed by atoms with Crippen LogP contribution in [0.2, 0.25) is 0 Å². The zero-order valence-corrected chi connectivity index (χ0v) is 15.1. The summed E-state index contributed by atoms with van der Waals surface area (Å²) in [5, 5.41) is 0. The van der Waals surface area contributed by atoms with Crippen molar-refractivity contribution in [1.29, 1.82) is 0 Å². The highest BCUT2D eigenvalue weighted by Gasteiger charge is 2.25. The van der Waals surface area contributed by atoms with Crippen LogP contribution in [0.3, 0.4) is 0 Å². The Labute approximate surface area is 151 Å². The Morgan fingerprint density at radius 1 is 1.20 bits per heavy atom. The van der Waals surface area contributed by atoms with Crippen molar-refractivity contribution in [3.63, 3.8) is 0 Å². The van der Waals surface area contributed by atoms with E-state index in [1.54, 1.807) is 0 Å². The molecule has 2 saturated heterocycles. The Morgan fingerprint density at radius 3 is 2.76 bits per heavy atom. The van der Waals surface area contributed by atoms with Gasteiger partial charge in [-0.25, -0.2) is 8.78 Å². The Morgan fingerprint density at radius 2 is 2.00 bits per heavy atom. The average molecular weight is 370 g/mol. The van der Waals surface area contributed by atoms with Crippen molar-refractivity contribution in [1.82, 2.24) is 9.80 Å². The van der Waals surface area contributed by atoms with E-state index in [1.165, 1.54) is 17.8 Å². The van der Waals surface area contributed by atoms with Gasteiger partial charge in [0.25, 0.3) is 0 Å². The van der Waals surface area contributed by atoms with E-state index in [4.69, 9.17) is 4.74 Å². The summed E-state index contributed by atoms with van der Waals surface area (Å²) in [5.74, 6) is -0.904. The van der Waals surface area contributed by atoms with E-state index in [-0.39, 0.29) is 11.7 Å². The van der Waals surface area contributed by atoms with Crippen molar-refractivity contribution in [2.24, 2.45) is 5.92 Å². The molecule has 0 bridgehead atoms. The van der Waals surface area contributed by atoms with E-state index in [1.807, 2.05) is 4.90 Å². The molecular formula is C18H24F2N2O2S. The van der Waals surface area contributed by atoms with Crippen LogP contribution in [-0.4, -0.2) is 67.4 Å². The van der Waals surface area contributed by atoms with Crippen LogP contribution in [-0.2, 0) is 9.53 Å². The molecule has 0 aromatic heterocycles. The van der Waals surface area contributed by atoms with Crippen molar-refractivity contribution < 1.29 is 18.3 Å². The fraction of sp³-hybridized carbons (Fsp3) is 0.611. The van der Waals surface area contributed by atoms with Crippen LogP contribution >= 0.6 is 11.8 Å². The third kappa shape index (κ3) is 5.39. The van der Waals surface area contributed by atoms with Gasteiger partial charge in [-0.1, -0.05) is 0 Å². The molecule has 0 radical (unpaired) electrons. The van der Waals surface area contributed by atoms with Gasteiger partial charge in [0.1, 0.15) is 0 Å². The molecule has 138 valence electrons. The largest absolute Gasteiger partial charge is 0.379 e. The Balaban J connectivity index is 1.46. The summed E-state index contributed by atoms with van der Waals surface area (Å²) in [5.41, 5.74) is 0. The molecule has 3 rings (SSSR count). The summed E-state index contributed by atoms with van der Waals surface area (Å²) in [6.45, 7) is 6.11. The predicted molar refractivity (Wildman–Crippen MR) is 93.6 cm³/mol. The number of nitrogens with zero attached hydrogens (tertiary/aromatic N) is 2. The number of benzene rings is 1. The van der Waals surface area contributed by atoms with Gasteiger partial charge >= 0.3 is 0 Å². The molecule has 1 aromatic rings. The van der Waals surface area contributed by atoms with Gasteiger partial charge in [0.15, 0.2) is 11.6 Å². The van der Waals surface area contributed by atoms with Crippen molar-refractivity contribution in [3.05, 3.63) is 29.8 Å². The summed E-state index contributed by atoms with van der Waals surface area (Å²) in [6.07, 6.45) is 2.17. The highest BCUT2D eigenvalue weighted by molar-refractivity contribution is 8.00. The van der Waals surface area contributed by atoms with Crippen LogP contribution in [0.15, 0.2) is 23.1 Å². The van der Waals surface area contributed by atoms with Gasteiger partial charge in [0, 0.05) is 37.6 Å². The lowest BCUT2D eigenvalue weighted by Crippen LogP contribution is -2.46. The highest BCUT2D eigenvalue weighted by atomic mass is 32.2. The standard InChI is InChI=1S/C18H24F2N2O2S/c19-16-4-3-15(10-17(16)20)25-13-18(23)22-5-1-2-14(12-22)11-21-6-8-24-9-7-21/h3-4,10,14H,1-2,5-9,11-13H2. The Kier molecular flexibility index (Phi) is 6.67. The summed E-state index contributed by atoms with van der Waals surface area (Å²) in [7, 11) is 0. The van der Waals surface area contributed by atoms with Crippen LogP contribution in [0.1, 0.15) is 12.8 Å². The third-order valence-electron chi connectivity index (χ3n) is 4.75. The van der Waals surface area contributed by atoms with Crippen molar-refractivity contribution in [3.8, 4) is 0 Å². The van der Waals surface area contributed by atoms with E-state index < -0.39 is 11.6 Å². The van der Waals surface area contributed by atoms with Crippen molar-refractivity contribution in [2.45, 2.75) is 17.7 Å². The second-order valence-electron chi connectivity index (χ2n) is 6.63. The third-order valence-corrected chi connectivity index (χ3v) is 5.72. The van der Waals surface area contributed by atoms with E-state index in [0.717, 1.165) is 70.9 Å². The molecular weight excluding hydrogens is 346 g/mol. The van der Waals surface area contributed by atoms with Crippen LogP contribution in [0, 0.1) is 17.6 Å². The summed E-state index contributed by atoms with van der Waals surface area (Å²) >= 11 is 1.26. The number of thioether (sulfide) groups is 1. The number of hydrogen-bond donors (Lipinski definition) is 0. The maximum atomic E-state index is 13.2. The number of likely N-dealkylation sites (tertiary alicyclic amines) is 1. The number of carbonyl (C=O) groups excluding carboxylic acids is 1. The molecule has 2 aliphatic rings. The lowest BCUT2D eigenvalue weighted by Gasteiger charge is -2.36. The topological polar surface area (TPSA) is 32.8 Å². The fourth-order valence-electron chi connectivity index (χ4n) is 3.39. The van der Waals surface area contributed by atoms with Gasteiger partial charge in [0.2, 0.25) is 5.91 Å². The number of piperidine rings is 1. The van der Waals surface area contributed by atoms with Gasteiger partial charge in [-0.15, -0.1) is 11.8 Å². The molecule has 2 aliphatic heterocycles. The van der Waals surface area contributed by atoms with Gasteiger partial charge in [-0.3, -0.25) is 9.69 Å². The van der Waals surface area contributed by atoms with Crippen LogP contribution < -0.4 is 0 Å². The van der Waals surface area contributed by atoms with E-state index in [2.05, 4.69) is 4.90 Å². The second-order valence-corrected chi connectivity index (χ2v) is 7.67. The monoisotopic (exact) mass is 370 g/mol. The molecule has 7 heteroatoms. The first-order valence-electron chi connectivity index (χ1n) is 8.77. The maximum Gasteiger partial charge on any atom is 0.232 e. The molecule has 1 amide bonds. The molecule has 0 N–H and O–H groups in total. The number of rotatable bonds is 5. The molecule has 0 saturated carbocycles. The molecule has 1 unspecified atom stereocenters. The quantitative estimate of drug-likeness (QED) is 0.746. The van der Waals surface area contributed by atoms with Gasteiger partial charge in [-0.05, 0) is 37.0 Å². The zero-order valence-electron chi connectivity index (χ0n) is 14.3. The zero-order chi connectivity index (χ0) is 17.6. The minimum atomic E-state index is -0.874. The molecule has 2 fully saturated rings. The highest BCUT2D eigenvalue weighted by Crippen LogP contribution is 2.23. The Hall–Kier alpha value is -1.18. The van der Waals surface area contributed by atoms with Crippen molar-refractivity contribution in [2.75, 3.05) is 51.7 Å². The molecule has 0 spiro atoms. The van der Waals surface area contributed by atoms with Crippen LogP contribution in [0.25, 0.3) is 0 Å². The minimum Gasteiger partial charge on any atom is -0.379 e. The number of hydrogen-bond acceptors (Lipinski definition) is 4. The summed E-state index contributed by atoms with van der Waals surface area (Å²) in [4.78, 5) is 17.4. The Bertz CT molecular complexity index is 596. The lowest BCUT2D eigenvalue weighted by molar-refractivity contribution is -0.130. The number of ether oxygens (including phenoxy) is 1. The molecule has 4 nitrogen and oxygen atoms in total. The molecule has 0 aliphatic carbocycles. The van der Waals surface area contributed by atoms with Crippen LogP contribution in [0.5, 0.6) is 0 Å². The number of halogens is 2. The van der Waals surface area contributed by atoms with E-state index in [9.17, 15) is 13.6 Å². The lowest BCUT2D eigenvalue weighted by atomic mass is 9.97. The van der Waals surface area contributed by atoms with Crippen molar-refractivity contribution >= 4 is 17.7 Å². The first kappa shape index (κ1) is 18.6. The number of morpholine rings is 1. The smallest absolute Gasteiger partial charge is 0.232 e. The molecule has 2 heterocycles. The molecule has 1 atom stereocenters. The fourth-order valence-corrected chi connectivity index (χ4v) is 4.22. The number of carbonyl (C=O) groups is 1. The average Bonchev–Trinajstić information content (AvgIpc) is 2.63. The van der Waals surface area contributed by atoms with Gasteiger partial charge in [0.05, 0.1) is 19.0 Å². The molecule has 1 aromatic carbocycles. The van der Waals surface area contributed by atoms with Crippen LogP contribution in [0.4, 0.5) is 8.78 Å². The normalized spacial score (nSPS) is 22.2. The maximum absolute atomic E-state index is 13.2. The summed E-state index contributed by atoms with van der Waals surface area (Å²) < 4.78 is 31.6. The summed E-state index contributed by atoms with van der Waals surface area (Å²) in [6, 6.07) is 3.75. The van der Waals surface area contributed by atoms with E-state index in [0.29, 0.717) is 10.8 Å². The number of amides is 1. The van der Waals surface area contributed by atoms with Gasteiger partial charge in [-0.2, -0.15) is 0 Å². The van der Waals surface area contributed by atoms with Gasteiger partial charge < -0.3 is 9.64 Å². The minimum absolute atomic E-state index is 0.0708. The molecule has 25 heavy (non-hydrogen) atoms. The first-order valence-corrected chi connectivity index (χ1v) is 9.76. The van der Waals surface area contributed by atoms with E-state index >= 15 is 0 Å². The second kappa shape index (κ2) is 8.96. The predicted octanol–water partition coefficient (Wildman–Crippen LogP) is 2.63. The first-order chi connectivity index (χ1) is 12.1.